The molecule has 0 aliphatic carbocycles. The molecule has 1 aromatic heterocycles. The number of fused-ring (bicyclic) bond motifs is 1. The number of nitrogens with zero attached hydrogens (tertiary/aromatic N) is 2. The zero-order valence-corrected chi connectivity index (χ0v) is 14.7. The third-order valence-electron chi connectivity index (χ3n) is 3.62. The number of ether oxygens (including phenoxy) is 1. The molecule has 0 aliphatic heterocycles. The van der Waals surface area contributed by atoms with Crippen molar-refractivity contribution in [3.63, 3.8) is 0 Å². The third-order valence-corrected chi connectivity index (χ3v) is 3.62. The number of aryl methyl sites for hydroxylation is 1. The Hall–Kier alpha value is -2.01. The summed E-state index contributed by atoms with van der Waals surface area (Å²) < 4.78 is 7.47. The molecule has 5 nitrogen and oxygen atoms in total. The van der Waals surface area contributed by atoms with Crippen LogP contribution in [0.25, 0.3) is 10.9 Å². The minimum absolute atomic E-state index is 0.288. The SMILES string of the molecule is CN(CCNCc1cn(C)c2ccccc12)C(=O)OC(C)(C)C. The van der Waals surface area contributed by atoms with Crippen LogP contribution in [0.4, 0.5) is 4.79 Å². The van der Waals surface area contributed by atoms with Gasteiger partial charge in [-0.25, -0.2) is 4.79 Å². The van der Waals surface area contributed by atoms with Crippen LogP contribution in [0.5, 0.6) is 0 Å². The molecule has 1 aromatic carbocycles. The van der Waals surface area contributed by atoms with Gasteiger partial charge in [-0.05, 0) is 32.4 Å². The first-order valence-electron chi connectivity index (χ1n) is 7.96. The molecular weight excluding hydrogens is 290 g/mol. The molecule has 5 heteroatoms. The molecule has 0 atom stereocenters. The van der Waals surface area contributed by atoms with Crippen LogP contribution in [0.1, 0.15) is 26.3 Å². The molecule has 1 heterocycles. The second kappa shape index (κ2) is 7.04. The lowest BCUT2D eigenvalue weighted by molar-refractivity contribution is 0.0300. The first-order chi connectivity index (χ1) is 10.8. The molecule has 1 N–H and O–H groups in total. The number of nitrogens with one attached hydrogen (secondary N) is 1. The summed E-state index contributed by atoms with van der Waals surface area (Å²) in [5.41, 5.74) is 2.04. The lowest BCUT2D eigenvalue weighted by atomic mass is 10.2. The van der Waals surface area contributed by atoms with Gasteiger partial charge >= 0.3 is 6.09 Å². The van der Waals surface area contributed by atoms with E-state index in [-0.39, 0.29) is 6.09 Å². The van der Waals surface area contributed by atoms with Gasteiger partial charge in [-0.2, -0.15) is 0 Å². The van der Waals surface area contributed by atoms with Crippen LogP contribution in [0.2, 0.25) is 0 Å². The fourth-order valence-electron chi connectivity index (χ4n) is 2.47. The van der Waals surface area contributed by atoms with Gasteiger partial charge in [-0.15, -0.1) is 0 Å². The van der Waals surface area contributed by atoms with Gasteiger partial charge in [0.25, 0.3) is 0 Å². The molecule has 0 aliphatic rings. The summed E-state index contributed by atoms with van der Waals surface area (Å²) in [5, 5.41) is 4.66. The number of rotatable bonds is 5. The van der Waals surface area contributed by atoms with Gasteiger partial charge in [0.05, 0.1) is 0 Å². The van der Waals surface area contributed by atoms with Crippen LogP contribution in [0.15, 0.2) is 30.5 Å². The molecule has 0 saturated heterocycles. The number of carbonyl (C=O) groups is 1. The Kier molecular flexibility index (Phi) is 5.31. The van der Waals surface area contributed by atoms with Crippen molar-refractivity contribution in [2.75, 3.05) is 20.1 Å². The van der Waals surface area contributed by atoms with E-state index in [2.05, 4.69) is 47.4 Å². The van der Waals surface area contributed by atoms with Crippen LogP contribution < -0.4 is 5.32 Å². The topological polar surface area (TPSA) is 46.5 Å². The van der Waals surface area contributed by atoms with Crippen molar-refractivity contribution in [2.24, 2.45) is 7.05 Å². The van der Waals surface area contributed by atoms with Gasteiger partial charge in [0.1, 0.15) is 5.60 Å². The molecule has 0 unspecified atom stereocenters. The predicted octanol–water partition coefficient (Wildman–Crippen LogP) is 3.13. The first-order valence-corrected chi connectivity index (χ1v) is 7.96. The highest BCUT2D eigenvalue weighted by Crippen LogP contribution is 2.19. The molecule has 0 bridgehead atoms. The van der Waals surface area contributed by atoms with E-state index in [0.29, 0.717) is 6.54 Å². The van der Waals surface area contributed by atoms with E-state index in [9.17, 15) is 4.79 Å². The summed E-state index contributed by atoms with van der Waals surface area (Å²) in [7, 11) is 3.82. The molecule has 2 aromatic rings. The number of benzene rings is 1. The van der Waals surface area contributed by atoms with E-state index < -0.39 is 5.60 Å². The Labute approximate surface area is 138 Å². The van der Waals surface area contributed by atoms with E-state index >= 15 is 0 Å². The third kappa shape index (κ3) is 4.73. The highest BCUT2D eigenvalue weighted by Gasteiger charge is 2.19. The van der Waals surface area contributed by atoms with E-state index in [1.54, 1.807) is 11.9 Å². The molecule has 0 radical (unpaired) electrons. The van der Waals surface area contributed by atoms with E-state index in [0.717, 1.165) is 13.1 Å². The van der Waals surface area contributed by atoms with Crippen molar-refractivity contribution in [2.45, 2.75) is 32.9 Å². The number of aromatic nitrogens is 1. The Bertz CT molecular complexity index is 670. The van der Waals surface area contributed by atoms with Crippen molar-refractivity contribution >= 4 is 17.0 Å². The molecule has 0 fully saturated rings. The number of para-hydroxylation sites is 1. The average molecular weight is 317 g/mol. The zero-order valence-electron chi connectivity index (χ0n) is 14.7. The zero-order chi connectivity index (χ0) is 17.0. The van der Waals surface area contributed by atoms with Crippen molar-refractivity contribution in [1.82, 2.24) is 14.8 Å². The summed E-state index contributed by atoms with van der Waals surface area (Å²) in [6.45, 7) is 7.73. The van der Waals surface area contributed by atoms with Crippen LogP contribution in [0, 0.1) is 0 Å². The number of amides is 1. The molecule has 1 amide bonds. The van der Waals surface area contributed by atoms with Crippen LogP contribution in [0.3, 0.4) is 0 Å². The molecule has 23 heavy (non-hydrogen) atoms. The van der Waals surface area contributed by atoms with E-state index in [4.69, 9.17) is 4.74 Å². The number of likely N-dealkylation sites (N-methyl/N-ethyl adjacent to an activating group) is 1. The second-order valence-electron chi connectivity index (χ2n) is 6.86. The maximum absolute atomic E-state index is 11.9. The standard InChI is InChI=1S/C18H27N3O2/c1-18(2,3)23-17(22)20(4)11-10-19-12-14-13-21(5)16-9-7-6-8-15(14)16/h6-9,13,19H,10-12H2,1-5H3. The molecule has 2 rings (SSSR count). The maximum Gasteiger partial charge on any atom is 0.410 e. The fraction of sp³-hybridized carbons (Fsp3) is 0.500. The van der Waals surface area contributed by atoms with Gasteiger partial charge in [-0.3, -0.25) is 0 Å². The number of carbonyl (C=O) groups excluding carboxylic acids is 1. The van der Waals surface area contributed by atoms with Gasteiger partial charge in [0.2, 0.25) is 0 Å². The largest absolute Gasteiger partial charge is 0.444 e. The van der Waals surface area contributed by atoms with Gasteiger partial charge in [-0.1, -0.05) is 18.2 Å². The number of hydrogen-bond acceptors (Lipinski definition) is 3. The smallest absolute Gasteiger partial charge is 0.410 e. The molecule has 0 spiro atoms. The van der Waals surface area contributed by atoms with Crippen molar-refractivity contribution < 1.29 is 9.53 Å². The van der Waals surface area contributed by atoms with Gasteiger partial charge < -0.3 is 19.5 Å². The van der Waals surface area contributed by atoms with E-state index in [1.165, 1.54) is 16.5 Å². The minimum Gasteiger partial charge on any atom is -0.444 e. The fourth-order valence-corrected chi connectivity index (χ4v) is 2.47. The van der Waals surface area contributed by atoms with Crippen molar-refractivity contribution in [3.05, 3.63) is 36.0 Å². The Balaban J connectivity index is 1.82. The lowest BCUT2D eigenvalue weighted by Crippen LogP contribution is -2.37. The van der Waals surface area contributed by atoms with Crippen LogP contribution >= 0.6 is 0 Å². The normalized spacial score (nSPS) is 11.7. The highest BCUT2D eigenvalue weighted by atomic mass is 16.6. The summed E-state index contributed by atoms with van der Waals surface area (Å²) in [4.78, 5) is 13.5. The number of hydrogen-bond donors (Lipinski definition) is 1. The maximum atomic E-state index is 11.9. The van der Waals surface area contributed by atoms with E-state index in [1.807, 2.05) is 20.8 Å². The Morgan fingerprint density at radius 2 is 2.00 bits per heavy atom. The summed E-state index contributed by atoms with van der Waals surface area (Å²) in [6, 6.07) is 8.37. The van der Waals surface area contributed by atoms with Gasteiger partial charge in [0, 0.05) is 50.8 Å². The Morgan fingerprint density at radius 3 is 2.70 bits per heavy atom. The quantitative estimate of drug-likeness (QED) is 0.862. The average Bonchev–Trinajstić information content (AvgIpc) is 2.79. The van der Waals surface area contributed by atoms with Crippen LogP contribution in [-0.2, 0) is 18.3 Å². The van der Waals surface area contributed by atoms with Crippen molar-refractivity contribution in [1.29, 1.82) is 0 Å². The summed E-state index contributed by atoms with van der Waals surface area (Å²) in [6.07, 6.45) is 1.86. The van der Waals surface area contributed by atoms with Gasteiger partial charge in [0.15, 0.2) is 0 Å². The van der Waals surface area contributed by atoms with Crippen LogP contribution in [-0.4, -0.2) is 41.3 Å². The summed E-state index contributed by atoms with van der Waals surface area (Å²) >= 11 is 0. The lowest BCUT2D eigenvalue weighted by Gasteiger charge is -2.24. The molecule has 0 saturated carbocycles. The monoisotopic (exact) mass is 317 g/mol. The van der Waals surface area contributed by atoms with Crippen molar-refractivity contribution in [3.8, 4) is 0 Å². The Morgan fingerprint density at radius 1 is 1.30 bits per heavy atom. The predicted molar refractivity (Wildman–Crippen MR) is 93.5 cm³/mol. The summed E-state index contributed by atoms with van der Waals surface area (Å²) in [5.74, 6) is 0. The molecule has 126 valence electrons. The second-order valence-corrected chi connectivity index (χ2v) is 6.86. The molecular formula is C18H27N3O2. The minimum atomic E-state index is -0.457. The highest BCUT2D eigenvalue weighted by molar-refractivity contribution is 5.83. The first kappa shape index (κ1) is 17.3.